The Hall–Kier alpha value is -1.40. The zero-order chi connectivity index (χ0) is 12.5. The second-order valence-corrected chi connectivity index (χ2v) is 4.22. The van der Waals surface area contributed by atoms with Gasteiger partial charge in [0.1, 0.15) is 0 Å². The molecule has 1 aromatic heterocycles. The number of aliphatic hydroxyl groups is 1. The van der Waals surface area contributed by atoms with Crippen LogP contribution in [-0.4, -0.2) is 10.1 Å². The lowest BCUT2D eigenvalue weighted by atomic mass is 10.1. The molecule has 0 bridgehead atoms. The summed E-state index contributed by atoms with van der Waals surface area (Å²) in [6, 6.07) is 4.82. The molecule has 0 saturated carbocycles. The SMILES string of the molecule is OCc1ncsc1-c1ccc(C(F)(F)F)cc1. The van der Waals surface area contributed by atoms with Crippen LogP contribution < -0.4 is 0 Å². The minimum atomic E-state index is -4.33. The van der Waals surface area contributed by atoms with E-state index in [2.05, 4.69) is 4.98 Å². The van der Waals surface area contributed by atoms with Crippen molar-refractivity contribution in [2.45, 2.75) is 12.8 Å². The van der Waals surface area contributed by atoms with Crippen molar-refractivity contribution in [2.75, 3.05) is 0 Å². The molecule has 0 aliphatic rings. The number of hydrogen-bond donors (Lipinski definition) is 1. The maximum absolute atomic E-state index is 12.4. The van der Waals surface area contributed by atoms with Crippen LogP contribution in [-0.2, 0) is 12.8 Å². The number of halogens is 3. The number of rotatable bonds is 2. The van der Waals surface area contributed by atoms with E-state index < -0.39 is 11.7 Å². The summed E-state index contributed by atoms with van der Waals surface area (Å²) < 4.78 is 37.1. The minimum Gasteiger partial charge on any atom is -0.390 e. The molecule has 2 nitrogen and oxygen atoms in total. The Bertz CT molecular complexity index is 504. The zero-order valence-corrected chi connectivity index (χ0v) is 9.35. The topological polar surface area (TPSA) is 33.1 Å². The van der Waals surface area contributed by atoms with Gasteiger partial charge >= 0.3 is 6.18 Å². The van der Waals surface area contributed by atoms with Gasteiger partial charge in [-0.2, -0.15) is 13.2 Å². The van der Waals surface area contributed by atoms with E-state index in [4.69, 9.17) is 5.11 Å². The van der Waals surface area contributed by atoms with Crippen molar-refractivity contribution < 1.29 is 18.3 Å². The lowest BCUT2D eigenvalue weighted by Gasteiger charge is -2.07. The summed E-state index contributed by atoms with van der Waals surface area (Å²) in [5, 5.41) is 9.02. The lowest BCUT2D eigenvalue weighted by Crippen LogP contribution is -2.04. The van der Waals surface area contributed by atoms with Crippen LogP contribution in [0.1, 0.15) is 11.3 Å². The van der Waals surface area contributed by atoms with Gasteiger partial charge in [-0.1, -0.05) is 12.1 Å². The molecule has 0 unspecified atom stereocenters. The van der Waals surface area contributed by atoms with Crippen LogP contribution >= 0.6 is 11.3 Å². The van der Waals surface area contributed by atoms with Gasteiger partial charge in [-0.25, -0.2) is 4.98 Å². The van der Waals surface area contributed by atoms with E-state index in [1.165, 1.54) is 23.5 Å². The van der Waals surface area contributed by atoms with E-state index in [9.17, 15) is 13.2 Å². The second-order valence-electron chi connectivity index (χ2n) is 3.36. The molecule has 2 aromatic rings. The molecule has 0 fully saturated rings. The maximum atomic E-state index is 12.4. The standard InChI is InChI=1S/C11H8F3NOS/c12-11(13,14)8-3-1-7(2-4-8)10-9(5-16)15-6-17-10/h1-4,6,16H,5H2. The van der Waals surface area contributed by atoms with E-state index >= 15 is 0 Å². The molecule has 90 valence electrons. The Morgan fingerprint density at radius 2 is 1.82 bits per heavy atom. The van der Waals surface area contributed by atoms with Crippen LogP contribution in [0.5, 0.6) is 0 Å². The number of hydrogen-bond acceptors (Lipinski definition) is 3. The molecule has 17 heavy (non-hydrogen) atoms. The first-order valence-electron chi connectivity index (χ1n) is 4.73. The minimum absolute atomic E-state index is 0.222. The molecule has 0 amide bonds. The summed E-state index contributed by atoms with van der Waals surface area (Å²) in [6.07, 6.45) is -4.33. The van der Waals surface area contributed by atoms with Crippen LogP contribution in [0, 0.1) is 0 Å². The fourth-order valence-corrected chi connectivity index (χ4v) is 2.24. The molecular weight excluding hydrogens is 251 g/mol. The largest absolute Gasteiger partial charge is 0.416 e. The molecule has 6 heteroatoms. The van der Waals surface area contributed by atoms with Crippen LogP contribution in [0.3, 0.4) is 0 Å². The average Bonchev–Trinajstić information content (AvgIpc) is 2.76. The first kappa shape index (κ1) is 12.1. The number of aromatic nitrogens is 1. The van der Waals surface area contributed by atoms with Gasteiger partial charge in [-0.15, -0.1) is 11.3 Å². The Morgan fingerprint density at radius 1 is 1.18 bits per heavy atom. The second kappa shape index (κ2) is 4.46. The molecule has 0 saturated heterocycles. The Morgan fingerprint density at radius 3 is 2.35 bits per heavy atom. The van der Waals surface area contributed by atoms with Gasteiger partial charge in [0.25, 0.3) is 0 Å². The highest BCUT2D eigenvalue weighted by Gasteiger charge is 2.30. The number of nitrogens with zero attached hydrogens (tertiary/aromatic N) is 1. The van der Waals surface area contributed by atoms with Crippen molar-refractivity contribution in [3.8, 4) is 10.4 Å². The van der Waals surface area contributed by atoms with E-state index in [1.54, 1.807) is 5.51 Å². The molecule has 0 aliphatic carbocycles. The summed E-state index contributed by atoms with van der Waals surface area (Å²) in [5.41, 5.74) is 1.98. The highest BCUT2D eigenvalue weighted by atomic mass is 32.1. The molecule has 1 heterocycles. The maximum Gasteiger partial charge on any atom is 0.416 e. The number of alkyl halides is 3. The van der Waals surface area contributed by atoms with Crippen LogP contribution in [0.2, 0.25) is 0 Å². The molecule has 2 rings (SSSR count). The monoisotopic (exact) mass is 259 g/mol. The Kier molecular flexibility index (Phi) is 3.17. The fraction of sp³-hybridized carbons (Fsp3) is 0.182. The average molecular weight is 259 g/mol. The molecular formula is C11H8F3NOS. The van der Waals surface area contributed by atoms with Gasteiger partial charge < -0.3 is 5.11 Å². The Balaban J connectivity index is 2.36. The molecule has 1 aromatic carbocycles. The van der Waals surface area contributed by atoms with Gasteiger partial charge in [0.05, 0.1) is 28.3 Å². The summed E-state index contributed by atoms with van der Waals surface area (Å²) in [4.78, 5) is 4.62. The van der Waals surface area contributed by atoms with E-state index in [1.807, 2.05) is 0 Å². The van der Waals surface area contributed by atoms with Crippen molar-refractivity contribution in [3.05, 3.63) is 41.0 Å². The van der Waals surface area contributed by atoms with Gasteiger partial charge in [0.2, 0.25) is 0 Å². The normalized spacial score (nSPS) is 11.8. The number of aliphatic hydroxyl groups excluding tert-OH is 1. The molecule has 0 spiro atoms. The predicted octanol–water partition coefficient (Wildman–Crippen LogP) is 3.32. The van der Waals surface area contributed by atoms with E-state index in [0.717, 1.165) is 12.1 Å². The highest BCUT2D eigenvalue weighted by Crippen LogP contribution is 2.33. The summed E-state index contributed by atoms with van der Waals surface area (Å²) in [6.45, 7) is -0.222. The van der Waals surface area contributed by atoms with E-state index in [-0.39, 0.29) is 6.61 Å². The van der Waals surface area contributed by atoms with Crippen LogP contribution in [0.25, 0.3) is 10.4 Å². The molecule has 0 atom stereocenters. The summed E-state index contributed by atoms with van der Waals surface area (Å²) in [5.74, 6) is 0. The van der Waals surface area contributed by atoms with Crippen LogP contribution in [0.4, 0.5) is 13.2 Å². The Labute approximate surface area is 99.4 Å². The van der Waals surface area contributed by atoms with Crippen LogP contribution in [0.15, 0.2) is 29.8 Å². The fourth-order valence-electron chi connectivity index (χ4n) is 1.43. The van der Waals surface area contributed by atoms with Gasteiger partial charge in [-0.05, 0) is 17.7 Å². The quantitative estimate of drug-likeness (QED) is 0.897. The third-order valence-corrected chi connectivity index (χ3v) is 3.18. The summed E-state index contributed by atoms with van der Waals surface area (Å²) >= 11 is 1.29. The smallest absolute Gasteiger partial charge is 0.390 e. The van der Waals surface area contributed by atoms with Crippen molar-refractivity contribution in [1.82, 2.24) is 4.98 Å². The third-order valence-electron chi connectivity index (χ3n) is 2.27. The van der Waals surface area contributed by atoms with Gasteiger partial charge in [0, 0.05) is 0 Å². The molecule has 0 radical (unpaired) electrons. The van der Waals surface area contributed by atoms with Crippen molar-refractivity contribution >= 4 is 11.3 Å². The van der Waals surface area contributed by atoms with Crippen molar-refractivity contribution in [1.29, 1.82) is 0 Å². The molecule has 0 aliphatic heterocycles. The first-order valence-corrected chi connectivity index (χ1v) is 5.61. The van der Waals surface area contributed by atoms with Gasteiger partial charge in [0.15, 0.2) is 0 Å². The van der Waals surface area contributed by atoms with Crippen molar-refractivity contribution in [3.63, 3.8) is 0 Å². The first-order chi connectivity index (χ1) is 8.02. The highest BCUT2D eigenvalue weighted by molar-refractivity contribution is 7.13. The van der Waals surface area contributed by atoms with E-state index in [0.29, 0.717) is 16.1 Å². The number of benzene rings is 1. The lowest BCUT2D eigenvalue weighted by molar-refractivity contribution is -0.137. The zero-order valence-electron chi connectivity index (χ0n) is 8.53. The predicted molar refractivity (Wildman–Crippen MR) is 58.5 cm³/mol. The summed E-state index contributed by atoms with van der Waals surface area (Å²) in [7, 11) is 0. The van der Waals surface area contributed by atoms with Crippen molar-refractivity contribution in [2.24, 2.45) is 0 Å². The van der Waals surface area contributed by atoms with Gasteiger partial charge in [-0.3, -0.25) is 0 Å². The molecule has 1 N–H and O–H groups in total. The number of thiazole rings is 1. The third kappa shape index (κ3) is 2.48.